The van der Waals surface area contributed by atoms with Crippen LogP contribution in [-0.4, -0.2) is 41.2 Å². The standard InChI is InChI=1S/C11H14N4O5S/c1-6-9(11(16)17)10(7(2)20-6)21(18,19)14-4-3-8-12-5-13-15-8/h5,14H,3-4H2,1-2H3,(H,16,17)(H,12,13,15). The van der Waals surface area contributed by atoms with E-state index in [2.05, 4.69) is 19.9 Å². The van der Waals surface area contributed by atoms with E-state index < -0.39 is 16.0 Å². The van der Waals surface area contributed by atoms with Gasteiger partial charge in [0, 0.05) is 13.0 Å². The van der Waals surface area contributed by atoms with E-state index in [4.69, 9.17) is 9.52 Å². The highest BCUT2D eigenvalue weighted by Gasteiger charge is 2.30. The van der Waals surface area contributed by atoms with Crippen molar-refractivity contribution in [2.75, 3.05) is 6.54 Å². The summed E-state index contributed by atoms with van der Waals surface area (Å²) in [7, 11) is -3.99. The van der Waals surface area contributed by atoms with Crippen LogP contribution in [0.15, 0.2) is 15.6 Å². The minimum absolute atomic E-state index is 0.0389. The molecule has 0 aromatic carbocycles. The Morgan fingerprint density at radius 3 is 2.71 bits per heavy atom. The second kappa shape index (κ2) is 5.66. The van der Waals surface area contributed by atoms with Gasteiger partial charge in [0.25, 0.3) is 0 Å². The van der Waals surface area contributed by atoms with Gasteiger partial charge in [-0.15, -0.1) is 0 Å². The highest BCUT2D eigenvalue weighted by atomic mass is 32.2. The van der Waals surface area contributed by atoms with Crippen LogP contribution in [0.3, 0.4) is 0 Å². The maximum absolute atomic E-state index is 12.2. The van der Waals surface area contributed by atoms with Gasteiger partial charge in [0.05, 0.1) is 0 Å². The Hall–Kier alpha value is -2.20. The van der Waals surface area contributed by atoms with Crippen LogP contribution in [0.25, 0.3) is 0 Å². The molecule has 0 amide bonds. The topological polar surface area (TPSA) is 138 Å². The molecule has 0 aliphatic heterocycles. The molecule has 0 fully saturated rings. The number of hydrogen-bond donors (Lipinski definition) is 3. The quantitative estimate of drug-likeness (QED) is 0.693. The fourth-order valence-corrected chi connectivity index (χ4v) is 3.40. The van der Waals surface area contributed by atoms with E-state index in [0.717, 1.165) is 0 Å². The number of aromatic carboxylic acids is 1. The van der Waals surface area contributed by atoms with Gasteiger partial charge in [0.2, 0.25) is 10.0 Å². The predicted octanol–water partition coefficient (Wildman–Crippen LogP) is 0.234. The first-order valence-electron chi connectivity index (χ1n) is 6.00. The summed E-state index contributed by atoms with van der Waals surface area (Å²) in [5.74, 6) is -0.733. The van der Waals surface area contributed by atoms with Gasteiger partial charge < -0.3 is 9.52 Å². The van der Waals surface area contributed by atoms with Crippen molar-refractivity contribution in [2.45, 2.75) is 25.2 Å². The van der Waals surface area contributed by atoms with E-state index >= 15 is 0 Å². The summed E-state index contributed by atoms with van der Waals surface area (Å²) < 4.78 is 31.9. The number of aromatic amines is 1. The first-order valence-corrected chi connectivity index (χ1v) is 7.48. The van der Waals surface area contributed by atoms with Crippen molar-refractivity contribution in [1.29, 1.82) is 0 Å². The van der Waals surface area contributed by atoms with Crippen molar-refractivity contribution in [1.82, 2.24) is 19.9 Å². The summed E-state index contributed by atoms with van der Waals surface area (Å²) in [6.45, 7) is 2.87. The molecule has 0 aliphatic carbocycles. The third-order valence-electron chi connectivity index (χ3n) is 2.81. The third kappa shape index (κ3) is 3.11. The molecule has 0 unspecified atom stereocenters. The molecule has 0 aliphatic rings. The largest absolute Gasteiger partial charge is 0.478 e. The molecule has 0 saturated carbocycles. The highest BCUT2D eigenvalue weighted by molar-refractivity contribution is 7.89. The molecule has 114 valence electrons. The first kappa shape index (κ1) is 15.2. The molecule has 21 heavy (non-hydrogen) atoms. The molecule has 0 radical (unpaired) electrons. The Labute approximate surface area is 120 Å². The molecule has 2 heterocycles. The molecule has 0 saturated heterocycles. The van der Waals surface area contributed by atoms with Gasteiger partial charge in [0.15, 0.2) is 0 Å². The molecular weight excluding hydrogens is 300 g/mol. The molecule has 0 atom stereocenters. The van der Waals surface area contributed by atoms with Crippen LogP contribution in [0.4, 0.5) is 0 Å². The lowest BCUT2D eigenvalue weighted by atomic mass is 10.2. The molecule has 2 aromatic rings. The zero-order valence-electron chi connectivity index (χ0n) is 11.4. The van der Waals surface area contributed by atoms with Crippen molar-refractivity contribution in [3.8, 4) is 0 Å². The van der Waals surface area contributed by atoms with E-state index in [1.54, 1.807) is 0 Å². The summed E-state index contributed by atoms with van der Waals surface area (Å²) >= 11 is 0. The average molecular weight is 314 g/mol. The molecule has 3 N–H and O–H groups in total. The second-order valence-electron chi connectivity index (χ2n) is 4.30. The van der Waals surface area contributed by atoms with Gasteiger partial charge in [-0.1, -0.05) is 0 Å². The zero-order chi connectivity index (χ0) is 15.6. The van der Waals surface area contributed by atoms with Gasteiger partial charge in [-0.25, -0.2) is 22.9 Å². The van der Waals surface area contributed by atoms with Gasteiger partial charge in [-0.05, 0) is 13.8 Å². The number of aromatic nitrogens is 3. The Morgan fingerprint density at radius 2 is 2.14 bits per heavy atom. The van der Waals surface area contributed by atoms with Crippen molar-refractivity contribution in [2.24, 2.45) is 0 Å². The predicted molar refractivity (Wildman–Crippen MR) is 70.4 cm³/mol. The summed E-state index contributed by atoms with van der Waals surface area (Å²) in [5.41, 5.74) is -0.348. The van der Waals surface area contributed by atoms with E-state index in [-0.39, 0.29) is 28.5 Å². The number of carbonyl (C=O) groups is 1. The number of nitrogens with one attached hydrogen (secondary N) is 2. The number of sulfonamides is 1. The number of hydrogen-bond acceptors (Lipinski definition) is 6. The molecule has 10 heteroatoms. The van der Waals surface area contributed by atoms with E-state index in [0.29, 0.717) is 12.2 Å². The van der Waals surface area contributed by atoms with Gasteiger partial charge in [0.1, 0.15) is 34.1 Å². The van der Waals surface area contributed by atoms with Crippen LogP contribution in [0.2, 0.25) is 0 Å². The van der Waals surface area contributed by atoms with E-state index in [9.17, 15) is 13.2 Å². The number of furan rings is 1. The Balaban J connectivity index is 2.21. The Morgan fingerprint density at radius 1 is 1.43 bits per heavy atom. The molecule has 0 bridgehead atoms. The highest BCUT2D eigenvalue weighted by Crippen LogP contribution is 2.26. The molecular formula is C11H14N4O5S. The maximum Gasteiger partial charge on any atom is 0.340 e. The fraction of sp³-hybridized carbons (Fsp3) is 0.364. The van der Waals surface area contributed by atoms with Crippen LogP contribution in [0.1, 0.15) is 27.7 Å². The fourth-order valence-electron chi connectivity index (χ4n) is 1.96. The second-order valence-corrected chi connectivity index (χ2v) is 6.01. The van der Waals surface area contributed by atoms with E-state index in [1.807, 2.05) is 0 Å². The molecule has 9 nitrogen and oxygen atoms in total. The van der Waals surface area contributed by atoms with Gasteiger partial charge >= 0.3 is 5.97 Å². The third-order valence-corrected chi connectivity index (χ3v) is 4.42. The van der Waals surface area contributed by atoms with Crippen LogP contribution >= 0.6 is 0 Å². The first-order chi connectivity index (χ1) is 9.83. The summed E-state index contributed by atoms with van der Waals surface area (Å²) in [6.07, 6.45) is 1.62. The average Bonchev–Trinajstić information content (AvgIpc) is 2.96. The van der Waals surface area contributed by atoms with Gasteiger partial charge in [-0.2, -0.15) is 5.10 Å². The van der Waals surface area contributed by atoms with E-state index in [1.165, 1.54) is 20.2 Å². The zero-order valence-corrected chi connectivity index (χ0v) is 12.2. The maximum atomic E-state index is 12.2. The van der Waals surface area contributed by atoms with Crippen molar-refractivity contribution in [3.05, 3.63) is 29.2 Å². The van der Waals surface area contributed by atoms with Crippen LogP contribution in [-0.2, 0) is 16.4 Å². The minimum Gasteiger partial charge on any atom is -0.478 e. The number of aryl methyl sites for hydroxylation is 2. The number of rotatable bonds is 6. The summed E-state index contributed by atoms with van der Waals surface area (Å²) in [5, 5.41) is 15.4. The van der Waals surface area contributed by atoms with Crippen LogP contribution in [0.5, 0.6) is 0 Å². The Kier molecular flexibility index (Phi) is 4.09. The molecule has 0 spiro atoms. The summed E-state index contributed by atoms with van der Waals surface area (Å²) in [6, 6.07) is 0. The number of carboxylic acid groups (broad SMARTS) is 1. The monoisotopic (exact) mass is 314 g/mol. The number of nitrogens with zero attached hydrogens (tertiary/aromatic N) is 2. The number of carboxylic acids is 1. The van der Waals surface area contributed by atoms with Crippen molar-refractivity contribution in [3.63, 3.8) is 0 Å². The molecule has 2 rings (SSSR count). The van der Waals surface area contributed by atoms with Crippen LogP contribution in [0, 0.1) is 13.8 Å². The lowest BCUT2D eigenvalue weighted by Crippen LogP contribution is -2.28. The minimum atomic E-state index is -3.99. The SMILES string of the molecule is Cc1oc(C)c(S(=O)(=O)NCCc2ncn[nH]2)c1C(=O)O. The lowest BCUT2D eigenvalue weighted by molar-refractivity contribution is 0.0691. The Bertz CT molecular complexity index is 748. The van der Waals surface area contributed by atoms with Gasteiger partial charge in [-0.3, -0.25) is 5.10 Å². The summed E-state index contributed by atoms with van der Waals surface area (Å²) in [4.78, 5) is 14.7. The van der Waals surface area contributed by atoms with Crippen molar-refractivity contribution < 1.29 is 22.7 Å². The van der Waals surface area contributed by atoms with Crippen molar-refractivity contribution >= 4 is 16.0 Å². The number of H-pyrrole nitrogens is 1. The smallest absolute Gasteiger partial charge is 0.340 e. The lowest BCUT2D eigenvalue weighted by Gasteiger charge is -2.06. The normalized spacial score (nSPS) is 11.7. The molecule has 2 aromatic heterocycles. The van der Waals surface area contributed by atoms with Crippen LogP contribution < -0.4 is 4.72 Å².